The Hall–Kier alpha value is -3.29. The number of hydrogen-bond donors (Lipinski definition) is 0. The molecule has 3 heterocycles. The molecule has 0 spiro atoms. The van der Waals surface area contributed by atoms with Crippen LogP contribution in [0.1, 0.15) is 34.6 Å². The molecule has 1 amide bonds. The van der Waals surface area contributed by atoms with E-state index in [1.165, 1.54) is 12.1 Å². The SMILES string of the molecule is Cc1c(C(=O)N2CCN(C3CC3)c3cc(F)ccc32)nnn1Cc1ccncc1. The van der Waals surface area contributed by atoms with Crippen LogP contribution < -0.4 is 9.80 Å². The maximum Gasteiger partial charge on any atom is 0.280 e. The van der Waals surface area contributed by atoms with E-state index in [4.69, 9.17) is 0 Å². The molecule has 1 fully saturated rings. The molecule has 5 rings (SSSR count). The van der Waals surface area contributed by atoms with Gasteiger partial charge in [-0.05, 0) is 55.7 Å². The predicted octanol–water partition coefficient (Wildman–Crippen LogP) is 2.80. The molecule has 2 aliphatic rings. The van der Waals surface area contributed by atoms with Gasteiger partial charge in [0, 0.05) is 31.5 Å². The fraction of sp³-hybridized carbons (Fsp3) is 0.333. The zero-order valence-corrected chi connectivity index (χ0v) is 16.1. The zero-order chi connectivity index (χ0) is 20.0. The van der Waals surface area contributed by atoms with Gasteiger partial charge in [-0.15, -0.1) is 5.10 Å². The lowest BCUT2D eigenvalue weighted by Crippen LogP contribution is -2.45. The smallest absolute Gasteiger partial charge is 0.280 e. The van der Waals surface area contributed by atoms with Crippen LogP contribution in [0.25, 0.3) is 0 Å². The summed E-state index contributed by atoms with van der Waals surface area (Å²) in [5.74, 6) is -0.491. The summed E-state index contributed by atoms with van der Waals surface area (Å²) in [4.78, 5) is 21.2. The highest BCUT2D eigenvalue weighted by atomic mass is 19.1. The Bertz CT molecular complexity index is 1060. The Kier molecular flexibility index (Phi) is 4.26. The number of carbonyl (C=O) groups is 1. The van der Waals surface area contributed by atoms with Crippen LogP contribution in [0.5, 0.6) is 0 Å². The molecule has 0 radical (unpaired) electrons. The molecule has 0 saturated heterocycles. The van der Waals surface area contributed by atoms with Crippen molar-refractivity contribution in [2.24, 2.45) is 0 Å². The molecular weight excluding hydrogens is 371 g/mol. The fourth-order valence-electron chi connectivity index (χ4n) is 3.88. The second-order valence-corrected chi connectivity index (χ2v) is 7.55. The van der Waals surface area contributed by atoms with Crippen LogP contribution in [0.3, 0.4) is 0 Å². The normalized spacial score (nSPS) is 16.1. The summed E-state index contributed by atoms with van der Waals surface area (Å²) in [5, 5.41) is 8.34. The third-order valence-corrected chi connectivity index (χ3v) is 5.60. The van der Waals surface area contributed by atoms with E-state index >= 15 is 0 Å². The molecule has 1 saturated carbocycles. The monoisotopic (exact) mass is 392 g/mol. The van der Waals surface area contributed by atoms with Gasteiger partial charge in [0.05, 0.1) is 23.6 Å². The number of hydrogen-bond acceptors (Lipinski definition) is 5. The van der Waals surface area contributed by atoms with Crippen molar-refractivity contribution in [3.05, 3.63) is 65.5 Å². The molecule has 1 aromatic carbocycles. The minimum atomic E-state index is -0.289. The number of benzene rings is 1. The average molecular weight is 392 g/mol. The van der Waals surface area contributed by atoms with Gasteiger partial charge in [-0.25, -0.2) is 9.07 Å². The molecule has 0 unspecified atom stereocenters. The maximum atomic E-state index is 13.9. The highest BCUT2D eigenvalue weighted by Gasteiger charge is 2.37. The molecule has 0 bridgehead atoms. The summed E-state index contributed by atoms with van der Waals surface area (Å²) < 4.78 is 15.6. The molecule has 29 heavy (non-hydrogen) atoms. The van der Waals surface area contributed by atoms with Gasteiger partial charge in [-0.1, -0.05) is 5.21 Å². The van der Waals surface area contributed by atoms with Crippen LogP contribution in [0.2, 0.25) is 0 Å². The van der Waals surface area contributed by atoms with Gasteiger partial charge in [-0.2, -0.15) is 0 Å². The Balaban J connectivity index is 1.44. The number of fused-ring (bicyclic) bond motifs is 1. The molecule has 8 heteroatoms. The number of aromatic nitrogens is 4. The number of carbonyl (C=O) groups excluding carboxylic acids is 1. The van der Waals surface area contributed by atoms with Crippen LogP contribution in [-0.2, 0) is 6.54 Å². The van der Waals surface area contributed by atoms with Gasteiger partial charge in [0.2, 0.25) is 0 Å². The summed E-state index contributed by atoms with van der Waals surface area (Å²) in [6, 6.07) is 8.89. The van der Waals surface area contributed by atoms with E-state index in [0.29, 0.717) is 37.1 Å². The largest absolute Gasteiger partial charge is 0.365 e. The third-order valence-electron chi connectivity index (χ3n) is 5.60. The second kappa shape index (κ2) is 6.95. The van der Waals surface area contributed by atoms with Gasteiger partial charge < -0.3 is 9.80 Å². The van der Waals surface area contributed by atoms with Crippen molar-refractivity contribution in [2.45, 2.75) is 32.4 Å². The van der Waals surface area contributed by atoms with E-state index in [1.807, 2.05) is 19.1 Å². The fourth-order valence-corrected chi connectivity index (χ4v) is 3.88. The lowest BCUT2D eigenvalue weighted by Gasteiger charge is -2.37. The zero-order valence-electron chi connectivity index (χ0n) is 16.1. The lowest BCUT2D eigenvalue weighted by molar-refractivity contribution is 0.0981. The summed E-state index contributed by atoms with van der Waals surface area (Å²) in [6.07, 6.45) is 5.69. The lowest BCUT2D eigenvalue weighted by atomic mass is 10.1. The molecule has 148 valence electrons. The molecular formula is C21H21FN6O. The van der Waals surface area contributed by atoms with Crippen molar-refractivity contribution in [3.8, 4) is 0 Å². The first kappa shape index (κ1) is 17.8. The van der Waals surface area contributed by atoms with E-state index in [0.717, 1.165) is 29.8 Å². The summed E-state index contributed by atoms with van der Waals surface area (Å²) in [7, 11) is 0. The van der Waals surface area contributed by atoms with Crippen LogP contribution in [0, 0.1) is 12.7 Å². The number of nitrogens with zero attached hydrogens (tertiary/aromatic N) is 6. The summed E-state index contributed by atoms with van der Waals surface area (Å²) in [6.45, 7) is 3.61. The van der Waals surface area contributed by atoms with Gasteiger partial charge in [0.25, 0.3) is 5.91 Å². The summed E-state index contributed by atoms with van der Waals surface area (Å²) in [5.41, 5.74) is 3.59. The first-order chi connectivity index (χ1) is 14.1. The van der Waals surface area contributed by atoms with Crippen molar-refractivity contribution >= 4 is 17.3 Å². The quantitative estimate of drug-likeness (QED) is 0.683. The average Bonchev–Trinajstić information content (AvgIpc) is 3.52. The molecule has 1 aliphatic heterocycles. The van der Waals surface area contributed by atoms with Crippen LogP contribution in [0.4, 0.5) is 15.8 Å². The topological polar surface area (TPSA) is 67.2 Å². The summed E-state index contributed by atoms with van der Waals surface area (Å²) >= 11 is 0. The third kappa shape index (κ3) is 3.24. The van der Waals surface area contributed by atoms with Crippen LogP contribution in [-0.4, -0.2) is 45.0 Å². The van der Waals surface area contributed by atoms with Crippen LogP contribution >= 0.6 is 0 Å². The Labute approximate surface area is 167 Å². The van der Waals surface area contributed by atoms with Crippen molar-refractivity contribution < 1.29 is 9.18 Å². The molecule has 7 nitrogen and oxygen atoms in total. The molecule has 2 aromatic heterocycles. The Morgan fingerprint density at radius 1 is 1.14 bits per heavy atom. The van der Waals surface area contributed by atoms with Crippen molar-refractivity contribution in [3.63, 3.8) is 0 Å². The Morgan fingerprint density at radius 2 is 1.93 bits per heavy atom. The van der Waals surface area contributed by atoms with E-state index in [1.54, 1.807) is 28.0 Å². The Morgan fingerprint density at radius 3 is 2.69 bits per heavy atom. The van der Waals surface area contributed by atoms with Gasteiger partial charge >= 0.3 is 0 Å². The standard InChI is InChI=1S/C21H21FN6O/c1-14-20(24-25-28(14)13-15-6-8-23-9-7-15)21(29)27-11-10-26(17-3-4-17)19-12-16(22)2-5-18(19)27/h2,5-9,12,17H,3-4,10-11,13H2,1H3. The van der Waals surface area contributed by atoms with Gasteiger partial charge in [-0.3, -0.25) is 9.78 Å². The van der Waals surface area contributed by atoms with Gasteiger partial charge in [0.15, 0.2) is 5.69 Å². The number of anilines is 2. The number of pyridine rings is 1. The van der Waals surface area contributed by atoms with E-state index in [9.17, 15) is 9.18 Å². The minimum absolute atomic E-state index is 0.202. The molecule has 1 aliphatic carbocycles. The second-order valence-electron chi connectivity index (χ2n) is 7.55. The van der Waals surface area contributed by atoms with E-state index in [2.05, 4.69) is 20.2 Å². The van der Waals surface area contributed by atoms with Crippen molar-refractivity contribution in [1.82, 2.24) is 20.0 Å². The number of halogens is 1. The number of rotatable bonds is 4. The highest BCUT2D eigenvalue weighted by Crippen LogP contribution is 2.40. The molecule has 3 aromatic rings. The number of amides is 1. The maximum absolute atomic E-state index is 13.9. The van der Waals surface area contributed by atoms with Crippen molar-refractivity contribution in [1.29, 1.82) is 0 Å². The molecule has 0 atom stereocenters. The molecule has 0 N–H and O–H groups in total. The minimum Gasteiger partial charge on any atom is -0.365 e. The highest BCUT2D eigenvalue weighted by molar-refractivity contribution is 6.07. The van der Waals surface area contributed by atoms with Crippen LogP contribution in [0.15, 0.2) is 42.7 Å². The first-order valence-electron chi connectivity index (χ1n) is 9.79. The first-order valence-corrected chi connectivity index (χ1v) is 9.79. The van der Waals surface area contributed by atoms with Crippen molar-refractivity contribution in [2.75, 3.05) is 22.9 Å². The van der Waals surface area contributed by atoms with E-state index < -0.39 is 0 Å². The predicted molar refractivity (Wildman–Crippen MR) is 107 cm³/mol. The van der Waals surface area contributed by atoms with Gasteiger partial charge in [0.1, 0.15) is 5.82 Å². The van der Waals surface area contributed by atoms with E-state index in [-0.39, 0.29) is 11.7 Å².